The quantitative estimate of drug-likeness (QED) is 0.621. The van der Waals surface area contributed by atoms with Crippen LogP contribution in [0.1, 0.15) is 55.3 Å². The first-order valence-corrected chi connectivity index (χ1v) is 14.1. The summed E-state index contributed by atoms with van der Waals surface area (Å²) in [5.74, 6) is 1.04. The highest BCUT2D eigenvalue weighted by atomic mass is 32.2. The molecule has 0 bridgehead atoms. The van der Waals surface area contributed by atoms with E-state index in [1.165, 1.54) is 19.3 Å². The van der Waals surface area contributed by atoms with Crippen LogP contribution in [0.2, 0.25) is 0 Å². The summed E-state index contributed by atoms with van der Waals surface area (Å²) in [7, 11) is -3.75. The Kier molecular flexibility index (Phi) is 5.68. The van der Waals surface area contributed by atoms with Crippen molar-refractivity contribution in [2.24, 2.45) is 10.4 Å². The maximum absolute atomic E-state index is 13.6. The molecule has 1 saturated carbocycles. The van der Waals surface area contributed by atoms with Crippen molar-refractivity contribution in [3.8, 4) is 5.75 Å². The van der Waals surface area contributed by atoms with E-state index < -0.39 is 10.0 Å². The standard InChI is InChI=1S/C27H31N3O4S/c31-25-23-16-22(11-12-24(23)29-19-27(18-28-26(25)29)13-5-2-6-14-27)35(32,33)30-15-7-8-20(30)17-34-21-9-3-1-4-10-21/h1,3-4,9-12,16,20H,2,5-8,13-15,17-19H2/t20-/m0/s1. The molecule has 1 saturated heterocycles. The number of benzene rings is 2. The molecule has 7 nitrogen and oxygen atoms in total. The lowest BCUT2D eigenvalue weighted by molar-refractivity contribution is 0.106. The fourth-order valence-electron chi connectivity index (χ4n) is 6.15. The number of anilines is 1. The van der Waals surface area contributed by atoms with Crippen LogP contribution >= 0.6 is 0 Å². The Hall–Kier alpha value is -2.71. The van der Waals surface area contributed by atoms with Gasteiger partial charge in [-0.05, 0) is 56.0 Å². The van der Waals surface area contributed by atoms with Crippen LogP contribution in [0.5, 0.6) is 5.75 Å². The molecular weight excluding hydrogens is 462 g/mol. The van der Waals surface area contributed by atoms with Crippen molar-refractivity contribution >= 4 is 27.3 Å². The molecule has 1 aliphatic carbocycles. The molecule has 4 aliphatic rings. The molecular formula is C27H31N3O4S. The van der Waals surface area contributed by atoms with Crippen molar-refractivity contribution in [1.29, 1.82) is 0 Å². The SMILES string of the molecule is O=C1C2=NCC3(CCCCC3)CN2c2ccc(S(=O)(=O)N3CCC[C@H]3COc3ccccc3)cc21. The van der Waals surface area contributed by atoms with E-state index in [4.69, 9.17) is 9.73 Å². The number of para-hydroxylation sites is 1. The zero-order valence-corrected chi connectivity index (χ0v) is 20.7. The number of carbonyl (C=O) groups is 1. The minimum absolute atomic E-state index is 0.135. The molecule has 0 N–H and O–H groups in total. The zero-order chi connectivity index (χ0) is 24.0. The highest BCUT2D eigenvalue weighted by Gasteiger charge is 2.45. The predicted molar refractivity (Wildman–Crippen MR) is 135 cm³/mol. The number of ether oxygens (including phenoxy) is 1. The highest BCUT2D eigenvalue weighted by molar-refractivity contribution is 7.89. The first-order valence-electron chi connectivity index (χ1n) is 12.7. The van der Waals surface area contributed by atoms with E-state index >= 15 is 0 Å². The smallest absolute Gasteiger partial charge is 0.243 e. The molecule has 2 fully saturated rings. The summed E-state index contributed by atoms with van der Waals surface area (Å²) in [6, 6.07) is 14.2. The number of amidine groups is 1. The van der Waals surface area contributed by atoms with Crippen molar-refractivity contribution < 1.29 is 17.9 Å². The van der Waals surface area contributed by atoms with Crippen LogP contribution in [0.15, 0.2) is 58.4 Å². The maximum atomic E-state index is 13.6. The van der Waals surface area contributed by atoms with Gasteiger partial charge in [-0.1, -0.05) is 37.5 Å². The Morgan fingerprint density at radius 2 is 1.83 bits per heavy atom. The van der Waals surface area contributed by atoms with E-state index in [0.29, 0.717) is 31.1 Å². The van der Waals surface area contributed by atoms with Gasteiger partial charge in [-0.15, -0.1) is 0 Å². The molecule has 184 valence electrons. The summed E-state index contributed by atoms with van der Waals surface area (Å²) in [5.41, 5.74) is 1.38. The lowest BCUT2D eigenvalue weighted by Gasteiger charge is -2.42. The van der Waals surface area contributed by atoms with Gasteiger partial charge in [0.1, 0.15) is 12.4 Å². The number of hydrogen-bond acceptors (Lipinski definition) is 6. The van der Waals surface area contributed by atoms with Crippen LogP contribution in [0, 0.1) is 5.41 Å². The van der Waals surface area contributed by atoms with Crippen LogP contribution in [0.4, 0.5) is 5.69 Å². The molecule has 0 radical (unpaired) electrons. The third-order valence-corrected chi connectivity index (χ3v) is 10.00. The summed E-state index contributed by atoms with van der Waals surface area (Å²) < 4.78 is 34.7. The first kappa shape index (κ1) is 22.7. The molecule has 3 heterocycles. The number of carbonyl (C=O) groups excluding carboxylic acids is 1. The summed E-state index contributed by atoms with van der Waals surface area (Å²) in [6.07, 6.45) is 7.50. The number of rotatable bonds is 5. The van der Waals surface area contributed by atoms with Gasteiger partial charge in [0.25, 0.3) is 0 Å². The molecule has 35 heavy (non-hydrogen) atoms. The lowest BCUT2D eigenvalue weighted by Crippen LogP contribution is -2.48. The number of hydrogen-bond donors (Lipinski definition) is 0. The maximum Gasteiger partial charge on any atom is 0.243 e. The molecule has 0 unspecified atom stereocenters. The molecule has 1 spiro atoms. The van der Waals surface area contributed by atoms with Crippen molar-refractivity contribution in [3.63, 3.8) is 0 Å². The second-order valence-electron chi connectivity index (χ2n) is 10.3. The normalized spacial score (nSPS) is 23.8. The minimum atomic E-state index is -3.75. The Morgan fingerprint density at radius 1 is 1.03 bits per heavy atom. The Morgan fingerprint density at radius 3 is 2.63 bits per heavy atom. The second-order valence-corrected chi connectivity index (χ2v) is 12.2. The monoisotopic (exact) mass is 493 g/mol. The number of aliphatic imine (C=N–C) groups is 1. The third kappa shape index (κ3) is 3.96. The van der Waals surface area contributed by atoms with Crippen LogP contribution in [0.25, 0.3) is 0 Å². The Bertz CT molecular complexity index is 1270. The average Bonchev–Trinajstić information content (AvgIpc) is 3.47. The van der Waals surface area contributed by atoms with Crippen molar-refractivity contribution in [1.82, 2.24) is 4.31 Å². The Balaban J connectivity index is 1.24. The van der Waals surface area contributed by atoms with Crippen LogP contribution in [-0.2, 0) is 10.0 Å². The number of sulfonamides is 1. The van der Waals surface area contributed by atoms with E-state index in [1.54, 1.807) is 22.5 Å². The van der Waals surface area contributed by atoms with Crippen LogP contribution < -0.4 is 9.64 Å². The zero-order valence-electron chi connectivity index (χ0n) is 19.9. The summed E-state index contributed by atoms with van der Waals surface area (Å²) in [5, 5.41) is 0. The topological polar surface area (TPSA) is 79.3 Å². The molecule has 1 atom stereocenters. The largest absolute Gasteiger partial charge is 0.492 e. The third-order valence-electron chi connectivity index (χ3n) is 8.05. The number of Topliss-reactive ketones (excluding diaryl/α,β-unsaturated/α-hetero) is 1. The summed E-state index contributed by atoms with van der Waals surface area (Å²) in [6.45, 7) is 2.25. The van der Waals surface area contributed by atoms with Gasteiger partial charge >= 0.3 is 0 Å². The minimum Gasteiger partial charge on any atom is -0.492 e. The molecule has 3 aliphatic heterocycles. The fourth-order valence-corrected chi connectivity index (χ4v) is 7.86. The van der Waals surface area contributed by atoms with Gasteiger partial charge in [-0.2, -0.15) is 4.31 Å². The van der Waals surface area contributed by atoms with Gasteiger partial charge in [-0.3, -0.25) is 9.79 Å². The number of ketones is 1. The molecule has 0 amide bonds. The molecule has 6 rings (SSSR count). The van der Waals surface area contributed by atoms with E-state index in [-0.39, 0.29) is 22.1 Å². The second kappa shape index (κ2) is 8.75. The van der Waals surface area contributed by atoms with Gasteiger partial charge in [-0.25, -0.2) is 8.42 Å². The summed E-state index contributed by atoms with van der Waals surface area (Å²) >= 11 is 0. The summed E-state index contributed by atoms with van der Waals surface area (Å²) in [4.78, 5) is 20.1. The Labute approximate surface area is 206 Å². The van der Waals surface area contributed by atoms with Crippen LogP contribution in [-0.4, -0.2) is 56.6 Å². The first-order chi connectivity index (χ1) is 17.0. The average molecular weight is 494 g/mol. The van der Waals surface area contributed by atoms with Gasteiger partial charge in [0.2, 0.25) is 15.8 Å². The van der Waals surface area contributed by atoms with Crippen molar-refractivity contribution in [2.75, 3.05) is 31.1 Å². The van der Waals surface area contributed by atoms with Gasteiger partial charge in [0, 0.05) is 25.0 Å². The van der Waals surface area contributed by atoms with E-state index in [1.807, 2.05) is 35.2 Å². The number of fused-ring (bicyclic) bond motifs is 3. The highest BCUT2D eigenvalue weighted by Crippen LogP contribution is 2.44. The van der Waals surface area contributed by atoms with Gasteiger partial charge < -0.3 is 9.64 Å². The number of nitrogens with zero attached hydrogens (tertiary/aromatic N) is 3. The molecule has 2 aromatic carbocycles. The molecule has 2 aromatic rings. The molecule has 8 heteroatoms. The van der Waals surface area contributed by atoms with Gasteiger partial charge in [0.05, 0.1) is 22.2 Å². The van der Waals surface area contributed by atoms with E-state index in [2.05, 4.69) is 0 Å². The fraction of sp³-hybridized carbons (Fsp3) is 0.481. The van der Waals surface area contributed by atoms with Gasteiger partial charge in [0.15, 0.2) is 5.84 Å². The van der Waals surface area contributed by atoms with E-state index in [9.17, 15) is 13.2 Å². The lowest BCUT2D eigenvalue weighted by atomic mass is 9.73. The van der Waals surface area contributed by atoms with Crippen molar-refractivity contribution in [2.45, 2.75) is 55.9 Å². The molecule has 0 aromatic heterocycles. The van der Waals surface area contributed by atoms with Crippen LogP contribution in [0.3, 0.4) is 0 Å². The predicted octanol–water partition coefficient (Wildman–Crippen LogP) is 4.28. The van der Waals surface area contributed by atoms with Crippen molar-refractivity contribution in [3.05, 3.63) is 54.1 Å². The van der Waals surface area contributed by atoms with E-state index in [0.717, 1.165) is 43.7 Å².